The lowest BCUT2D eigenvalue weighted by molar-refractivity contribution is -0.137. The molecule has 4 nitrogen and oxygen atoms in total. The fourth-order valence-electron chi connectivity index (χ4n) is 2.45. The molecule has 0 aliphatic heterocycles. The van der Waals surface area contributed by atoms with Crippen molar-refractivity contribution in [2.75, 3.05) is 7.05 Å². The van der Waals surface area contributed by atoms with Crippen molar-refractivity contribution < 1.29 is 22.4 Å². The third-order valence-corrected chi connectivity index (χ3v) is 3.85. The van der Waals surface area contributed by atoms with E-state index < -0.39 is 11.7 Å². The number of carbonyl (C=O) groups is 1. The number of amides is 1. The van der Waals surface area contributed by atoms with Gasteiger partial charge in [0.1, 0.15) is 11.5 Å². The van der Waals surface area contributed by atoms with Crippen LogP contribution in [-0.4, -0.2) is 19.0 Å². The van der Waals surface area contributed by atoms with Gasteiger partial charge in [-0.1, -0.05) is 26.0 Å². The molecular weight excluding hydrogens is 333 g/mol. The fraction of sp³-hybridized carbons (Fsp3) is 0.389. The summed E-state index contributed by atoms with van der Waals surface area (Å²) in [6.45, 7) is 4.21. The van der Waals surface area contributed by atoms with Gasteiger partial charge in [-0.3, -0.25) is 10.1 Å². The van der Waals surface area contributed by atoms with Crippen LogP contribution in [0.3, 0.4) is 0 Å². The number of likely N-dealkylation sites (N-methyl/N-ethyl adjacent to an activating group) is 1. The standard InChI is InChI=1S/C18H21F3N2O2/c1-11(2)16(17(24)22-3)23-10-14-8-9-15(25-14)12-4-6-13(7-5-12)18(19,20)21/h4-9,11,16,23H,10H2,1-3H3,(H,22,24)/t16-/m0/s1. The van der Waals surface area contributed by atoms with Crippen molar-refractivity contribution >= 4 is 5.91 Å². The monoisotopic (exact) mass is 354 g/mol. The Bertz CT molecular complexity index is 706. The van der Waals surface area contributed by atoms with Gasteiger partial charge < -0.3 is 9.73 Å². The molecule has 1 heterocycles. The number of hydrogen-bond acceptors (Lipinski definition) is 3. The van der Waals surface area contributed by atoms with Gasteiger partial charge >= 0.3 is 6.18 Å². The van der Waals surface area contributed by atoms with Gasteiger partial charge in [0.25, 0.3) is 0 Å². The highest BCUT2D eigenvalue weighted by Gasteiger charge is 2.30. The Morgan fingerprint density at radius 1 is 1.12 bits per heavy atom. The summed E-state index contributed by atoms with van der Waals surface area (Å²) in [5.74, 6) is 1.07. The summed E-state index contributed by atoms with van der Waals surface area (Å²) in [5.41, 5.74) is -0.138. The number of hydrogen-bond donors (Lipinski definition) is 2. The zero-order valence-electron chi connectivity index (χ0n) is 14.3. The molecule has 2 rings (SSSR count). The number of benzene rings is 1. The van der Waals surface area contributed by atoms with Crippen LogP contribution in [0, 0.1) is 5.92 Å². The average molecular weight is 354 g/mol. The van der Waals surface area contributed by atoms with Crippen molar-refractivity contribution in [2.45, 2.75) is 32.6 Å². The van der Waals surface area contributed by atoms with Crippen molar-refractivity contribution in [1.29, 1.82) is 0 Å². The smallest absolute Gasteiger partial charge is 0.416 e. The Labute approximate surface area is 144 Å². The maximum Gasteiger partial charge on any atom is 0.416 e. The Balaban J connectivity index is 2.06. The molecule has 0 unspecified atom stereocenters. The van der Waals surface area contributed by atoms with Gasteiger partial charge in [-0.05, 0) is 30.2 Å². The minimum absolute atomic E-state index is 0.101. The largest absolute Gasteiger partial charge is 0.460 e. The summed E-state index contributed by atoms with van der Waals surface area (Å²) in [7, 11) is 1.58. The number of nitrogens with one attached hydrogen (secondary N) is 2. The van der Waals surface area contributed by atoms with Crippen LogP contribution in [0.1, 0.15) is 25.2 Å². The van der Waals surface area contributed by atoms with E-state index in [-0.39, 0.29) is 17.9 Å². The molecule has 0 radical (unpaired) electrons. The second-order valence-electron chi connectivity index (χ2n) is 6.06. The van der Waals surface area contributed by atoms with E-state index in [2.05, 4.69) is 10.6 Å². The van der Waals surface area contributed by atoms with Crippen LogP contribution < -0.4 is 10.6 Å². The quantitative estimate of drug-likeness (QED) is 0.829. The highest BCUT2D eigenvalue weighted by atomic mass is 19.4. The first-order valence-electron chi connectivity index (χ1n) is 7.93. The Hall–Kier alpha value is -2.28. The fourth-order valence-corrected chi connectivity index (χ4v) is 2.45. The van der Waals surface area contributed by atoms with E-state index in [1.165, 1.54) is 12.1 Å². The predicted molar refractivity (Wildman–Crippen MR) is 88.7 cm³/mol. The van der Waals surface area contributed by atoms with Crippen molar-refractivity contribution in [1.82, 2.24) is 10.6 Å². The SMILES string of the molecule is CNC(=O)[C@@H](NCc1ccc(-c2ccc(C(F)(F)F)cc2)o1)C(C)C. The van der Waals surface area contributed by atoms with Gasteiger partial charge in [0.15, 0.2) is 0 Å². The molecular formula is C18H21F3N2O2. The first-order valence-corrected chi connectivity index (χ1v) is 7.93. The normalized spacial score (nSPS) is 13.1. The van der Waals surface area contributed by atoms with Gasteiger partial charge in [-0.25, -0.2) is 0 Å². The van der Waals surface area contributed by atoms with Crippen molar-refractivity contribution in [3.05, 3.63) is 47.7 Å². The molecule has 0 saturated carbocycles. The second-order valence-corrected chi connectivity index (χ2v) is 6.06. The zero-order chi connectivity index (χ0) is 18.6. The third-order valence-electron chi connectivity index (χ3n) is 3.85. The predicted octanol–water partition coefficient (Wildman–Crippen LogP) is 3.83. The summed E-state index contributed by atoms with van der Waals surface area (Å²) >= 11 is 0. The number of carbonyl (C=O) groups excluding carboxylic acids is 1. The van der Waals surface area contributed by atoms with Gasteiger partial charge in [-0.2, -0.15) is 13.2 Å². The molecule has 136 valence electrons. The molecule has 25 heavy (non-hydrogen) atoms. The van der Waals surface area contributed by atoms with E-state index in [0.29, 0.717) is 23.6 Å². The molecule has 7 heteroatoms. The van der Waals surface area contributed by atoms with Gasteiger partial charge in [-0.15, -0.1) is 0 Å². The Morgan fingerprint density at radius 3 is 2.28 bits per heavy atom. The lowest BCUT2D eigenvalue weighted by atomic mass is 10.0. The molecule has 0 aliphatic carbocycles. The summed E-state index contributed by atoms with van der Waals surface area (Å²) in [5, 5.41) is 5.73. The van der Waals surface area contributed by atoms with Gasteiger partial charge in [0.05, 0.1) is 18.2 Å². The van der Waals surface area contributed by atoms with Crippen LogP contribution >= 0.6 is 0 Å². The molecule has 0 spiro atoms. The minimum Gasteiger partial charge on any atom is -0.460 e. The molecule has 0 bridgehead atoms. The molecule has 1 aromatic carbocycles. The minimum atomic E-state index is -4.36. The second kappa shape index (κ2) is 7.74. The van der Waals surface area contributed by atoms with E-state index in [0.717, 1.165) is 12.1 Å². The Kier molecular flexibility index (Phi) is 5.89. The molecule has 2 N–H and O–H groups in total. The van der Waals surface area contributed by atoms with Crippen molar-refractivity contribution in [3.63, 3.8) is 0 Å². The van der Waals surface area contributed by atoms with E-state index in [1.54, 1.807) is 19.2 Å². The summed E-state index contributed by atoms with van der Waals surface area (Å²) in [6, 6.07) is 7.88. The van der Waals surface area contributed by atoms with E-state index in [1.807, 2.05) is 13.8 Å². The molecule has 0 aliphatic rings. The lowest BCUT2D eigenvalue weighted by Gasteiger charge is -2.20. The van der Waals surface area contributed by atoms with E-state index >= 15 is 0 Å². The van der Waals surface area contributed by atoms with Crippen LogP contribution in [-0.2, 0) is 17.5 Å². The van der Waals surface area contributed by atoms with Gasteiger partial charge in [0, 0.05) is 12.6 Å². The van der Waals surface area contributed by atoms with Crippen molar-refractivity contribution in [2.24, 2.45) is 5.92 Å². The highest BCUT2D eigenvalue weighted by Crippen LogP contribution is 2.31. The number of furan rings is 1. The molecule has 1 amide bonds. The molecule has 1 aromatic heterocycles. The third kappa shape index (κ3) is 4.85. The van der Waals surface area contributed by atoms with Crippen molar-refractivity contribution in [3.8, 4) is 11.3 Å². The van der Waals surface area contributed by atoms with E-state index in [9.17, 15) is 18.0 Å². The average Bonchev–Trinajstić information content (AvgIpc) is 3.02. The van der Waals surface area contributed by atoms with E-state index in [4.69, 9.17) is 4.42 Å². The van der Waals surface area contributed by atoms with Gasteiger partial charge in [0.2, 0.25) is 5.91 Å². The first-order chi connectivity index (χ1) is 11.7. The van der Waals surface area contributed by atoms with Crippen LogP contribution in [0.25, 0.3) is 11.3 Å². The maximum atomic E-state index is 12.6. The van der Waals surface area contributed by atoms with Crippen LogP contribution in [0.15, 0.2) is 40.8 Å². The molecule has 2 aromatic rings. The van der Waals surface area contributed by atoms with Crippen LogP contribution in [0.2, 0.25) is 0 Å². The van der Waals surface area contributed by atoms with Crippen LogP contribution in [0.4, 0.5) is 13.2 Å². The number of rotatable bonds is 6. The number of alkyl halides is 3. The summed E-state index contributed by atoms with van der Waals surface area (Å²) in [4.78, 5) is 11.8. The first kappa shape index (κ1) is 19.1. The maximum absolute atomic E-state index is 12.6. The molecule has 0 saturated heterocycles. The topological polar surface area (TPSA) is 54.3 Å². The Morgan fingerprint density at radius 2 is 1.76 bits per heavy atom. The molecule has 0 fully saturated rings. The molecule has 1 atom stereocenters. The zero-order valence-corrected chi connectivity index (χ0v) is 14.3. The summed E-state index contributed by atoms with van der Waals surface area (Å²) < 4.78 is 43.5. The summed E-state index contributed by atoms with van der Waals surface area (Å²) in [6.07, 6.45) is -4.36. The lowest BCUT2D eigenvalue weighted by Crippen LogP contribution is -2.45. The number of halogens is 3. The highest BCUT2D eigenvalue weighted by molar-refractivity contribution is 5.81. The van der Waals surface area contributed by atoms with Crippen LogP contribution in [0.5, 0.6) is 0 Å².